The van der Waals surface area contributed by atoms with Crippen LogP contribution in [-0.4, -0.2) is 46.6 Å². The van der Waals surface area contributed by atoms with Crippen LogP contribution in [0.25, 0.3) is 0 Å². The average Bonchev–Trinajstić information content (AvgIpc) is 2.48. The van der Waals surface area contributed by atoms with Gasteiger partial charge >= 0.3 is 5.97 Å². The lowest BCUT2D eigenvalue weighted by Crippen LogP contribution is -2.20. The fourth-order valence-electron chi connectivity index (χ4n) is 0.962. The van der Waals surface area contributed by atoms with Gasteiger partial charge in [-0.15, -0.1) is 0 Å². The molecule has 1 saturated heterocycles. The van der Waals surface area contributed by atoms with Gasteiger partial charge in [0.2, 0.25) is 0 Å². The summed E-state index contributed by atoms with van der Waals surface area (Å²) in [7, 11) is 1.51. The first-order valence-electron chi connectivity index (χ1n) is 4.60. The Morgan fingerprint density at radius 3 is 2.07 bits per heavy atom. The van der Waals surface area contributed by atoms with E-state index in [2.05, 4.69) is 0 Å². The third kappa shape index (κ3) is 8.31. The lowest BCUT2D eigenvalue weighted by Gasteiger charge is -2.07. The second-order valence-corrected chi connectivity index (χ2v) is 3.70. The summed E-state index contributed by atoms with van der Waals surface area (Å²) in [4.78, 5) is 10.3. The Morgan fingerprint density at radius 2 is 1.87 bits per heavy atom. The molecule has 2 atom stereocenters. The van der Waals surface area contributed by atoms with Gasteiger partial charge in [-0.25, -0.2) is 4.79 Å². The van der Waals surface area contributed by atoms with Crippen molar-refractivity contribution in [1.29, 1.82) is 0 Å². The lowest BCUT2D eigenvalue weighted by molar-refractivity contribution is -0.163. The molecule has 1 aliphatic heterocycles. The van der Waals surface area contributed by atoms with Crippen molar-refractivity contribution in [2.75, 3.05) is 7.11 Å². The molecule has 1 rings (SSSR count). The fourth-order valence-corrected chi connectivity index (χ4v) is 0.962. The van der Waals surface area contributed by atoms with Gasteiger partial charge in [-0.3, -0.25) is 0 Å². The van der Waals surface area contributed by atoms with Gasteiger partial charge < -0.3 is 24.8 Å². The van der Waals surface area contributed by atoms with Gasteiger partial charge in [-0.2, -0.15) is 0 Å². The number of carbonyl (C=O) groups is 1. The number of aliphatic hydroxyl groups is 2. The summed E-state index contributed by atoms with van der Waals surface area (Å²) in [6.07, 6.45) is 0.243. The molecule has 1 fully saturated rings. The van der Waals surface area contributed by atoms with Crippen LogP contribution in [0.1, 0.15) is 26.7 Å². The molecule has 1 heterocycles. The largest absolute Gasteiger partial charge is 0.479 e. The summed E-state index contributed by atoms with van der Waals surface area (Å²) >= 11 is 0. The number of aliphatic carboxylic acids is 1. The van der Waals surface area contributed by atoms with Gasteiger partial charge in [0, 0.05) is 13.5 Å². The van der Waals surface area contributed by atoms with Crippen LogP contribution < -0.4 is 0 Å². The maximum absolute atomic E-state index is 10.3. The quantitative estimate of drug-likeness (QED) is 0.566. The summed E-state index contributed by atoms with van der Waals surface area (Å²) in [5, 5.41) is 24.6. The average molecular weight is 222 g/mol. The molecule has 0 radical (unpaired) electrons. The topological polar surface area (TPSA) is 96.2 Å². The zero-order valence-corrected chi connectivity index (χ0v) is 9.14. The minimum Gasteiger partial charge on any atom is -0.479 e. The second-order valence-electron chi connectivity index (χ2n) is 3.70. The summed E-state index contributed by atoms with van der Waals surface area (Å²) in [5.74, 6) is -2.40. The van der Waals surface area contributed by atoms with Gasteiger partial charge in [0.1, 0.15) is 0 Å². The van der Waals surface area contributed by atoms with Crippen LogP contribution in [0.2, 0.25) is 0 Å². The Bertz CT molecular complexity index is 191. The number of rotatable bonds is 2. The molecule has 0 saturated carbocycles. The van der Waals surface area contributed by atoms with E-state index in [0.29, 0.717) is 12.8 Å². The molecule has 0 aliphatic carbocycles. The maximum Gasteiger partial charge on any atom is 0.332 e. The molecule has 15 heavy (non-hydrogen) atoms. The monoisotopic (exact) mass is 222 g/mol. The highest BCUT2D eigenvalue weighted by Crippen LogP contribution is 2.19. The minimum absolute atomic E-state index is 0.318. The van der Waals surface area contributed by atoms with E-state index < -0.39 is 17.9 Å². The highest BCUT2D eigenvalue weighted by Gasteiger charge is 2.29. The number of ether oxygens (including phenoxy) is 2. The second kappa shape index (κ2) is 6.02. The Kier molecular flexibility index (Phi) is 5.74. The number of methoxy groups -OCH3 is 1. The van der Waals surface area contributed by atoms with Gasteiger partial charge in [-0.1, -0.05) is 0 Å². The van der Waals surface area contributed by atoms with Crippen LogP contribution in [0, 0.1) is 0 Å². The molecule has 0 spiro atoms. The van der Waals surface area contributed by atoms with Crippen molar-refractivity contribution in [3.05, 3.63) is 0 Å². The van der Waals surface area contributed by atoms with Crippen molar-refractivity contribution in [3.8, 4) is 0 Å². The van der Waals surface area contributed by atoms with E-state index in [0.717, 1.165) is 0 Å². The number of carboxylic acid groups (broad SMARTS) is 1. The smallest absolute Gasteiger partial charge is 0.332 e. The molecule has 0 aromatic heterocycles. The fraction of sp³-hybridized carbons (Fsp3) is 0.889. The molecule has 0 amide bonds. The van der Waals surface area contributed by atoms with Crippen LogP contribution in [0.3, 0.4) is 0 Å². The van der Waals surface area contributed by atoms with Gasteiger partial charge in [0.25, 0.3) is 0 Å². The van der Waals surface area contributed by atoms with Crippen molar-refractivity contribution in [2.24, 2.45) is 0 Å². The summed E-state index contributed by atoms with van der Waals surface area (Å²) in [6, 6.07) is 0. The van der Waals surface area contributed by atoms with Gasteiger partial charge in [-0.05, 0) is 20.3 Å². The van der Waals surface area contributed by atoms with Crippen LogP contribution in [0.15, 0.2) is 0 Å². The van der Waals surface area contributed by atoms with E-state index in [1.165, 1.54) is 21.0 Å². The van der Waals surface area contributed by atoms with Crippen LogP contribution in [-0.2, 0) is 14.3 Å². The predicted molar refractivity (Wildman–Crippen MR) is 51.1 cm³/mol. The summed E-state index contributed by atoms with van der Waals surface area (Å²) in [6.45, 7) is 2.60. The molecular formula is C9H18O6. The summed E-state index contributed by atoms with van der Waals surface area (Å²) < 4.78 is 9.76. The lowest BCUT2D eigenvalue weighted by atomic mass is 10.2. The molecular weight excluding hydrogens is 204 g/mol. The molecule has 90 valence electrons. The Labute approximate surface area is 88.4 Å². The first-order chi connectivity index (χ1) is 6.74. The Morgan fingerprint density at radius 1 is 1.40 bits per heavy atom. The zero-order valence-electron chi connectivity index (χ0n) is 9.14. The molecule has 0 aromatic rings. The highest BCUT2D eigenvalue weighted by molar-refractivity contribution is 5.72. The van der Waals surface area contributed by atoms with E-state index in [-0.39, 0.29) is 6.29 Å². The van der Waals surface area contributed by atoms with Crippen molar-refractivity contribution in [3.63, 3.8) is 0 Å². The van der Waals surface area contributed by atoms with E-state index in [9.17, 15) is 4.79 Å². The zero-order chi connectivity index (χ0) is 12.1. The first-order valence-corrected chi connectivity index (χ1v) is 4.60. The molecule has 6 nitrogen and oxygen atoms in total. The highest BCUT2D eigenvalue weighted by atomic mass is 16.7. The van der Waals surface area contributed by atoms with Crippen molar-refractivity contribution in [1.82, 2.24) is 0 Å². The molecule has 2 unspecified atom stereocenters. The van der Waals surface area contributed by atoms with Gasteiger partial charge in [0.05, 0.1) is 0 Å². The third-order valence-corrected chi connectivity index (χ3v) is 1.52. The summed E-state index contributed by atoms with van der Waals surface area (Å²) in [5.41, 5.74) is 0. The van der Waals surface area contributed by atoms with Gasteiger partial charge in [0.15, 0.2) is 18.2 Å². The van der Waals surface area contributed by atoms with Crippen molar-refractivity contribution >= 4 is 5.97 Å². The van der Waals surface area contributed by atoms with E-state index in [1.54, 1.807) is 0 Å². The number of carboxylic acids is 1. The third-order valence-electron chi connectivity index (χ3n) is 1.52. The van der Waals surface area contributed by atoms with Crippen molar-refractivity contribution in [2.45, 2.75) is 44.9 Å². The normalized spacial score (nSPS) is 25.7. The molecule has 0 aromatic carbocycles. The van der Waals surface area contributed by atoms with E-state index >= 15 is 0 Å². The van der Waals surface area contributed by atoms with E-state index in [4.69, 9.17) is 24.8 Å². The molecule has 6 heteroatoms. The van der Waals surface area contributed by atoms with Crippen molar-refractivity contribution < 1.29 is 29.6 Å². The van der Waals surface area contributed by atoms with Crippen LogP contribution in [0.4, 0.5) is 0 Å². The molecule has 3 N–H and O–H groups in total. The predicted octanol–water partition coefficient (Wildman–Crippen LogP) is -0.0704. The van der Waals surface area contributed by atoms with Crippen LogP contribution in [0.5, 0.6) is 0 Å². The first kappa shape index (κ1) is 14.3. The standard InChI is InChI=1S/C6H10O4.C3H8O2/c1-9-5-3-2-4(10-5)6(7)8;1-3(2,4)5/h4-5H,2-3H2,1H3,(H,7,8);4-5H,1-2H3. The maximum atomic E-state index is 10.3. The number of hydrogen-bond acceptors (Lipinski definition) is 5. The molecule has 1 aliphatic rings. The molecule has 0 bridgehead atoms. The van der Waals surface area contributed by atoms with Crippen LogP contribution >= 0.6 is 0 Å². The Hall–Kier alpha value is -0.690. The Balaban J connectivity index is 0.000000336. The number of hydrogen-bond donors (Lipinski definition) is 3. The van der Waals surface area contributed by atoms with E-state index in [1.807, 2.05) is 0 Å². The SMILES string of the molecule is CC(C)(O)O.COC1CCC(C(=O)O)O1. The minimum atomic E-state index is -1.50.